The first kappa shape index (κ1) is 35.0. The quantitative estimate of drug-likeness (QED) is 0.189. The van der Waals surface area contributed by atoms with Gasteiger partial charge in [0.2, 0.25) is 0 Å². The van der Waals surface area contributed by atoms with Crippen LogP contribution in [-0.2, 0) is 0 Å². The van der Waals surface area contributed by atoms with Crippen LogP contribution in [0, 0.1) is 23.7 Å². The van der Waals surface area contributed by atoms with Gasteiger partial charge < -0.3 is 20.1 Å². The van der Waals surface area contributed by atoms with Crippen LogP contribution in [0.2, 0.25) is 0 Å². The SMILES string of the molecule is CCOc1ccc(C#Cc2cc(Br)cnc2N)cc1.CCOc1ccc(C#Cc2cc(Br)cnc2NC(=O)N(CC)CC)cc1. The van der Waals surface area contributed by atoms with Crippen molar-refractivity contribution in [3.05, 3.63) is 104 Å². The Morgan fingerprint density at radius 1 is 0.756 bits per heavy atom. The molecule has 0 unspecified atom stereocenters. The molecule has 4 aromatic rings. The second-order valence-electron chi connectivity index (χ2n) is 9.15. The number of benzene rings is 2. The lowest BCUT2D eigenvalue weighted by Crippen LogP contribution is -2.34. The second-order valence-corrected chi connectivity index (χ2v) is 11.0. The third-order valence-corrected chi connectivity index (χ3v) is 6.90. The number of pyridine rings is 2. The molecule has 8 nitrogen and oxygen atoms in total. The predicted octanol–water partition coefficient (Wildman–Crippen LogP) is 7.74. The number of nitrogens with two attached hydrogens (primary N) is 1. The van der Waals surface area contributed by atoms with E-state index in [0.717, 1.165) is 31.6 Å². The van der Waals surface area contributed by atoms with E-state index < -0.39 is 0 Å². The number of aromatic nitrogens is 2. The molecule has 0 aliphatic carbocycles. The van der Waals surface area contributed by atoms with Crippen LogP contribution >= 0.6 is 31.9 Å². The van der Waals surface area contributed by atoms with Crippen LogP contribution in [0.1, 0.15) is 49.9 Å². The van der Waals surface area contributed by atoms with E-state index >= 15 is 0 Å². The lowest BCUT2D eigenvalue weighted by Gasteiger charge is -2.19. The molecular formula is C35H35Br2N5O3. The van der Waals surface area contributed by atoms with E-state index in [9.17, 15) is 4.79 Å². The molecule has 0 saturated carbocycles. The van der Waals surface area contributed by atoms with Gasteiger partial charge in [-0.2, -0.15) is 0 Å². The fraction of sp³-hybridized carbons (Fsp3) is 0.229. The molecule has 2 heterocycles. The summed E-state index contributed by atoms with van der Waals surface area (Å²) in [5.74, 6) is 14.8. The molecule has 3 N–H and O–H groups in total. The number of carbonyl (C=O) groups excluding carboxylic acids is 1. The highest BCUT2D eigenvalue weighted by Crippen LogP contribution is 2.19. The van der Waals surface area contributed by atoms with Gasteiger partial charge in [0.05, 0.1) is 24.3 Å². The maximum Gasteiger partial charge on any atom is 0.323 e. The second kappa shape index (κ2) is 18.3. The Morgan fingerprint density at radius 2 is 1.22 bits per heavy atom. The Bertz CT molecular complexity index is 1690. The molecule has 0 spiro atoms. The van der Waals surface area contributed by atoms with E-state index in [-0.39, 0.29) is 6.03 Å². The van der Waals surface area contributed by atoms with Gasteiger partial charge in [-0.15, -0.1) is 0 Å². The molecule has 0 bridgehead atoms. The van der Waals surface area contributed by atoms with Gasteiger partial charge in [0.15, 0.2) is 0 Å². The number of hydrogen-bond acceptors (Lipinski definition) is 6. The number of amides is 2. The van der Waals surface area contributed by atoms with Crippen molar-refractivity contribution >= 4 is 49.5 Å². The number of nitrogens with zero attached hydrogens (tertiary/aromatic N) is 3. The number of anilines is 2. The molecule has 2 amide bonds. The van der Waals surface area contributed by atoms with E-state index in [2.05, 4.69) is 70.8 Å². The predicted molar refractivity (Wildman–Crippen MR) is 187 cm³/mol. The molecule has 0 fully saturated rings. The summed E-state index contributed by atoms with van der Waals surface area (Å²) in [5.41, 5.74) is 8.88. The summed E-state index contributed by atoms with van der Waals surface area (Å²) < 4.78 is 12.5. The van der Waals surface area contributed by atoms with Gasteiger partial charge in [0, 0.05) is 45.6 Å². The van der Waals surface area contributed by atoms with E-state index in [1.807, 2.05) is 88.4 Å². The first-order chi connectivity index (χ1) is 21.8. The highest BCUT2D eigenvalue weighted by molar-refractivity contribution is 9.10. The fourth-order valence-corrected chi connectivity index (χ4v) is 4.42. The first-order valence-electron chi connectivity index (χ1n) is 14.4. The molecule has 10 heteroatoms. The van der Waals surface area contributed by atoms with E-state index in [1.54, 1.807) is 17.3 Å². The Labute approximate surface area is 282 Å². The lowest BCUT2D eigenvalue weighted by atomic mass is 10.2. The Morgan fingerprint density at radius 3 is 1.71 bits per heavy atom. The first-order valence-corrected chi connectivity index (χ1v) is 16.0. The average Bonchev–Trinajstić information content (AvgIpc) is 3.04. The zero-order valence-electron chi connectivity index (χ0n) is 25.7. The van der Waals surface area contributed by atoms with Gasteiger partial charge in [-0.25, -0.2) is 14.8 Å². The normalized spacial score (nSPS) is 9.73. The van der Waals surface area contributed by atoms with Gasteiger partial charge in [0.1, 0.15) is 23.1 Å². The molecule has 0 saturated heterocycles. The van der Waals surface area contributed by atoms with E-state index in [4.69, 9.17) is 15.2 Å². The minimum absolute atomic E-state index is 0.186. The summed E-state index contributed by atoms with van der Waals surface area (Å²) in [5, 5.41) is 2.83. The van der Waals surface area contributed by atoms with Gasteiger partial charge >= 0.3 is 6.03 Å². The van der Waals surface area contributed by atoms with Crippen molar-refractivity contribution in [1.29, 1.82) is 0 Å². The van der Waals surface area contributed by atoms with E-state index in [0.29, 0.717) is 49.1 Å². The molecule has 232 valence electrons. The molecule has 0 radical (unpaired) electrons. The number of rotatable bonds is 7. The number of urea groups is 1. The fourth-order valence-electron chi connectivity index (χ4n) is 3.76. The smallest absolute Gasteiger partial charge is 0.323 e. The number of halogens is 2. The van der Waals surface area contributed by atoms with Crippen LogP contribution in [-0.4, -0.2) is 47.2 Å². The van der Waals surface area contributed by atoms with Gasteiger partial charge in [-0.1, -0.05) is 23.7 Å². The van der Waals surface area contributed by atoms with Crippen molar-refractivity contribution in [3.8, 4) is 35.2 Å². The zero-order chi connectivity index (χ0) is 32.6. The third-order valence-electron chi connectivity index (χ3n) is 6.03. The molecule has 0 atom stereocenters. The number of nitrogens with one attached hydrogen (secondary N) is 1. The largest absolute Gasteiger partial charge is 0.494 e. The van der Waals surface area contributed by atoms with Crippen LogP contribution in [0.15, 0.2) is 82.0 Å². The van der Waals surface area contributed by atoms with Crippen molar-refractivity contribution in [2.45, 2.75) is 27.7 Å². The number of nitrogen functional groups attached to an aromatic ring is 1. The molecule has 45 heavy (non-hydrogen) atoms. The Balaban J connectivity index is 0.000000257. The summed E-state index contributed by atoms with van der Waals surface area (Å²) in [6.45, 7) is 10.3. The van der Waals surface area contributed by atoms with Crippen LogP contribution < -0.4 is 20.5 Å². The topological polar surface area (TPSA) is 103 Å². The highest BCUT2D eigenvalue weighted by Gasteiger charge is 2.12. The minimum Gasteiger partial charge on any atom is -0.494 e. The third kappa shape index (κ3) is 11.5. The highest BCUT2D eigenvalue weighted by atomic mass is 79.9. The summed E-state index contributed by atoms with van der Waals surface area (Å²) in [4.78, 5) is 22.3. The Kier molecular flexibility index (Phi) is 14.2. The number of carbonyl (C=O) groups is 1. The molecular weight excluding hydrogens is 698 g/mol. The summed E-state index contributed by atoms with van der Waals surface area (Å²) in [6, 6.07) is 18.7. The number of hydrogen-bond donors (Lipinski definition) is 2. The molecule has 4 rings (SSSR count). The lowest BCUT2D eigenvalue weighted by molar-refractivity contribution is 0.217. The zero-order valence-corrected chi connectivity index (χ0v) is 28.8. The Hall–Kier alpha value is -4.51. The van der Waals surface area contributed by atoms with Crippen molar-refractivity contribution < 1.29 is 14.3 Å². The van der Waals surface area contributed by atoms with Gasteiger partial charge in [0.25, 0.3) is 0 Å². The maximum absolute atomic E-state index is 12.3. The maximum atomic E-state index is 12.3. The molecule has 2 aromatic carbocycles. The average molecular weight is 734 g/mol. The number of ether oxygens (including phenoxy) is 2. The van der Waals surface area contributed by atoms with Crippen molar-refractivity contribution in [2.24, 2.45) is 0 Å². The van der Waals surface area contributed by atoms with Gasteiger partial charge in [-0.05, 0) is 120 Å². The summed E-state index contributed by atoms with van der Waals surface area (Å²) in [7, 11) is 0. The van der Waals surface area contributed by atoms with Crippen LogP contribution in [0.25, 0.3) is 0 Å². The minimum atomic E-state index is -0.186. The summed E-state index contributed by atoms with van der Waals surface area (Å²) >= 11 is 6.75. The van der Waals surface area contributed by atoms with Crippen LogP contribution in [0.5, 0.6) is 11.5 Å². The van der Waals surface area contributed by atoms with Crippen LogP contribution in [0.4, 0.5) is 16.4 Å². The van der Waals surface area contributed by atoms with Crippen LogP contribution in [0.3, 0.4) is 0 Å². The molecule has 0 aliphatic rings. The molecule has 2 aromatic heterocycles. The van der Waals surface area contributed by atoms with Crippen molar-refractivity contribution in [3.63, 3.8) is 0 Å². The molecule has 0 aliphatic heterocycles. The van der Waals surface area contributed by atoms with E-state index in [1.165, 1.54) is 0 Å². The van der Waals surface area contributed by atoms with Crippen molar-refractivity contribution in [1.82, 2.24) is 14.9 Å². The summed E-state index contributed by atoms with van der Waals surface area (Å²) in [6.07, 6.45) is 3.29. The van der Waals surface area contributed by atoms with Crippen molar-refractivity contribution in [2.75, 3.05) is 37.4 Å². The standard InChI is InChI=1S/C20H22BrN3O2.C15H13BrN2O/c1-4-24(5-2)20(25)23-19-16(13-17(21)14-22-19)10-7-15-8-11-18(12-9-15)26-6-3;1-2-19-14-7-4-11(5-8-14)3-6-12-9-13(16)10-18-15(12)17/h8-9,11-14H,4-6H2,1-3H3,(H,22,23,25);4-5,7-10H,2H2,1H3,(H2,17,18). The monoisotopic (exact) mass is 731 g/mol. The van der Waals surface area contributed by atoms with Gasteiger partial charge in [-0.3, -0.25) is 5.32 Å².